The molecule has 0 aliphatic heterocycles. The number of rotatable bonds is 3. The van der Waals surface area contributed by atoms with Crippen LogP contribution in [-0.4, -0.2) is 25.5 Å². The Morgan fingerprint density at radius 2 is 2.07 bits per heavy atom. The largest absolute Gasteiger partial charge is 0.519 e. The van der Waals surface area contributed by atoms with Crippen molar-refractivity contribution in [2.75, 3.05) is 0 Å². The van der Waals surface area contributed by atoms with Crippen molar-refractivity contribution >= 4 is 14.3 Å². The maximum absolute atomic E-state index is 12.0. The minimum atomic E-state index is -1.81. The first-order valence-electron chi connectivity index (χ1n) is 5.62. The fraction of sp³-hybridized carbons (Fsp3) is 0.909. The zero-order valence-electron chi connectivity index (χ0n) is 10.3. The number of carbonyl (C=O) groups excluding carboxylic acids is 1. The summed E-state index contributed by atoms with van der Waals surface area (Å²) in [5.41, 5.74) is -0.450. The summed E-state index contributed by atoms with van der Waals surface area (Å²) in [6.45, 7) is 9.93. The van der Waals surface area contributed by atoms with Crippen LogP contribution in [0.3, 0.4) is 0 Å². The topological polar surface area (TPSA) is 46.5 Å². The van der Waals surface area contributed by atoms with Gasteiger partial charge in [-0.15, -0.1) is 0 Å². The molecule has 88 valence electrons. The molecule has 0 bridgehead atoms. The normalized spacial score (nSPS) is 35.9. The van der Waals surface area contributed by atoms with Gasteiger partial charge in [0.2, 0.25) is 8.32 Å². The standard InChI is InChI=1S/C11H22O3Si/c1-6-8-9(12)7-11(8,2)10(13)14-15(3,4)5/h8-9,12H,6-7H2,1-5H3. The Kier molecular flexibility index (Phi) is 3.31. The third kappa shape index (κ3) is 2.42. The Morgan fingerprint density at radius 1 is 1.53 bits per heavy atom. The van der Waals surface area contributed by atoms with Gasteiger partial charge < -0.3 is 9.53 Å². The number of hydrogen-bond donors (Lipinski definition) is 1. The molecular formula is C11H22O3Si. The van der Waals surface area contributed by atoms with Crippen molar-refractivity contribution in [1.29, 1.82) is 0 Å². The van der Waals surface area contributed by atoms with E-state index in [9.17, 15) is 9.90 Å². The van der Waals surface area contributed by atoms with Crippen molar-refractivity contribution in [1.82, 2.24) is 0 Å². The lowest BCUT2D eigenvalue weighted by Crippen LogP contribution is -2.56. The first-order valence-corrected chi connectivity index (χ1v) is 9.03. The molecule has 0 heterocycles. The molecule has 1 aliphatic rings. The monoisotopic (exact) mass is 230 g/mol. The molecule has 0 spiro atoms. The molecule has 3 nitrogen and oxygen atoms in total. The predicted molar refractivity (Wildman–Crippen MR) is 61.9 cm³/mol. The number of aliphatic hydroxyl groups excluding tert-OH is 1. The fourth-order valence-corrected chi connectivity index (χ4v) is 3.13. The summed E-state index contributed by atoms with van der Waals surface area (Å²) in [6, 6.07) is 0. The van der Waals surface area contributed by atoms with Crippen LogP contribution in [0.25, 0.3) is 0 Å². The summed E-state index contributed by atoms with van der Waals surface area (Å²) in [4.78, 5) is 12.0. The summed E-state index contributed by atoms with van der Waals surface area (Å²) in [6.07, 6.45) is 1.06. The molecule has 1 fully saturated rings. The third-order valence-corrected chi connectivity index (χ3v) is 4.02. The Morgan fingerprint density at radius 3 is 2.40 bits per heavy atom. The minimum absolute atomic E-state index is 0.0707. The molecule has 0 saturated heterocycles. The summed E-state index contributed by atoms with van der Waals surface area (Å²) in [5, 5.41) is 9.59. The first kappa shape index (κ1) is 12.7. The van der Waals surface area contributed by atoms with Crippen molar-refractivity contribution in [3.8, 4) is 0 Å². The molecule has 1 N–H and O–H groups in total. The van der Waals surface area contributed by atoms with Crippen LogP contribution >= 0.6 is 0 Å². The van der Waals surface area contributed by atoms with E-state index in [-0.39, 0.29) is 18.0 Å². The van der Waals surface area contributed by atoms with E-state index in [0.29, 0.717) is 6.42 Å². The second-order valence-electron chi connectivity index (χ2n) is 5.71. The van der Waals surface area contributed by atoms with Gasteiger partial charge in [-0.05, 0) is 39.4 Å². The van der Waals surface area contributed by atoms with Crippen LogP contribution in [0.4, 0.5) is 0 Å². The Balaban J connectivity index is 2.68. The second-order valence-corrected chi connectivity index (χ2v) is 10.1. The van der Waals surface area contributed by atoms with Crippen LogP contribution in [0.2, 0.25) is 19.6 Å². The van der Waals surface area contributed by atoms with Crippen LogP contribution in [0.15, 0.2) is 0 Å². The molecule has 3 unspecified atom stereocenters. The molecule has 0 aromatic heterocycles. The van der Waals surface area contributed by atoms with E-state index in [0.717, 1.165) is 6.42 Å². The van der Waals surface area contributed by atoms with E-state index in [1.54, 1.807) is 0 Å². The van der Waals surface area contributed by atoms with Gasteiger partial charge in [-0.3, -0.25) is 4.79 Å². The zero-order valence-corrected chi connectivity index (χ0v) is 11.3. The van der Waals surface area contributed by atoms with Crippen molar-refractivity contribution in [3.05, 3.63) is 0 Å². The molecule has 1 aliphatic carbocycles. The average molecular weight is 230 g/mol. The summed E-state index contributed by atoms with van der Waals surface area (Å²) in [7, 11) is -1.81. The molecular weight excluding hydrogens is 208 g/mol. The van der Waals surface area contributed by atoms with Gasteiger partial charge in [0.25, 0.3) is 5.97 Å². The third-order valence-electron chi connectivity index (χ3n) is 3.22. The molecule has 3 atom stereocenters. The SMILES string of the molecule is CCC1C(O)CC1(C)C(=O)O[Si](C)(C)C. The van der Waals surface area contributed by atoms with Crippen molar-refractivity contribution in [2.45, 2.75) is 52.4 Å². The van der Waals surface area contributed by atoms with E-state index < -0.39 is 13.7 Å². The second kappa shape index (κ2) is 3.90. The van der Waals surface area contributed by atoms with E-state index in [1.165, 1.54) is 0 Å². The quantitative estimate of drug-likeness (QED) is 0.756. The lowest BCUT2D eigenvalue weighted by molar-refractivity contribution is -0.173. The molecule has 0 radical (unpaired) electrons. The highest BCUT2D eigenvalue weighted by molar-refractivity contribution is 6.71. The van der Waals surface area contributed by atoms with Gasteiger partial charge in [-0.25, -0.2) is 0 Å². The number of hydrogen-bond acceptors (Lipinski definition) is 3. The molecule has 0 aromatic carbocycles. The summed E-state index contributed by atoms with van der Waals surface area (Å²) >= 11 is 0. The fourth-order valence-electron chi connectivity index (χ4n) is 2.34. The van der Waals surface area contributed by atoms with E-state index in [1.807, 2.05) is 33.5 Å². The van der Waals surface area contributed by atoms with E-state index >= 15 is 0 Å². The van der Waals surface area contributed by atoms with Crippen molar-refractivity contribution < 1.29 is 14.3 Å². The van der Waals surface area contributed by atoms with Gasteiger partial charge in [0.15, 0.2) is 0 Å². The van der Waals surface area contributed by atoms with Crippen LogP contribution < -0.4 is 0 Å². The lowest BCUT2D eigenvalue weighted by Gasteiger charge is -2.49. The van der Waals surface area contributed by atoms with Crippen LogP contribution in [-0.2, 0) is 9.22 Å². The minimum Gasteiger partial charge on any atom is -0.519 e. The predicted octanol–water partition coefficient (Wildman–Crippen LogP) is 2.16. The lowest BCUT2D eigenvalue weighted by atomic mass is 9.58. The molecule has 1 saturated carbocycles. The summed E-state index contributed by atoms with van der Waals surface area (Å²) < 4.78 is 5.51. The number of carbonyl (C=O) groups is 1. The van der Waals surface area contributed by atoms with Crippen molar-refractivity contribution in [3.63, 3.8) is 0 Å². The van der Waals surface area contributed by atoms with Gasteiger partial charge in [0.1, 0.15) is 0 Å². The Hall–Kier alpha value is -0.353. The van der Waals surface area contributed by atoms with Gasteiger partial charge >= 0.3 is 0 Å². The van der Waals surface area contributed by atoms with Crippen LogP contribution in [0.1, 0.15) is 26.7 Å². The van der Waals surface area contributed by atoms with E-state index in [4.69, 9.17) is 4.43 Å². The Bertz CT molecular complexity index is 259. The maximum atomic E-state index is 12.0. The highest BCUT2D eigenvalue weighted by Gasteiger charge is 2.55. The first-order chi connectivity index (χ1) is 6.70. The Labute approximate surface area is 93.0 Å². The highest BCUT2D eigenvalue weighted by atomic mass is 28.4. The smallest absolute Gasteiger partial charge is 0.298 e. The highest BCUT2D eigenvalue weighted by Crippen LogP contribution is 2.49. The van der Waals surface area contributed by atoms with Crippen LogP contribution in [0.5, 0.6) is 0 Å². The molecule has 0 aromatic rings. The average Bonchev–Trinajstić information content (AvgIpc) is 2.00. The maximum Gasteiger partial charge on any atom is 0.298 e. The van der Waals surface area contributed by atoms with Gasteiger partial charge in [0, 0.05) is 5.92 Å². The molecule has 15 heavy (non-hydrogen) atoms. The van der Waals surface area contributed by atoms with Gasteiger partial charge in [0.05, 0.1) is 11.5 Å². The molecule has 0 amide bonds. The van der Waals surface area contributed by atoms with Gasteiger partial charge in [-0.1, -0.05) is 6.92 Å². The van der Waals surface area contributed by atoms with Crippen LogP contribution in [0, 0.1) is 11.3 Å². The van der Waals surface area contributed by atoms with E-state index in [2.05, 4.69) is 0 Å². The van der Waals surface area contributed by atoms with Crippen molar-refractivity contribution in [2.24, 2.45) is 11.3 Å². The zero-order chi connectivity index (χ0) is 11.9. The van der Waals surface area contributed by atoms with Gasteiger partial charge in [-0.2, -0.15) is 0 Å². The number of aliphatic hydroxyl groups is 1. The summed E-state index contributed by atoms with van der Waals surface area (Å²) in [5.74, 6) is -0.0415. The molecule has 4 heteroatoms. The molecule has 1 rings (SSSR count).